The molecule has 0 saturated heterocycles. The van der Waals surface area contributed by atoms with E-state index in [1.54, 1.807) is 28.0 Å². The fraction of sp³-hybridized carbons (Fsp3) is 0.167. The third-order valence-corrected chi connectivity index (χ3v) is 6.89. The summed E-state index contributed by atoms with van der Waals surface area (Å²) in [6.45, 7) is 1.25. The van der Waals surface area contributed by atoms with E-state index in [0.29, 0.717) is 6.54 Å². The smallest absolute Gasteiger partial charge is 0.255 e. The van der Waals surface area contributed by atoms with Crippen LogP contribution in [0.3, 0.4) is 0 Å². The van der Waals surface area contributed by atoms with E-state index in [9.17, 15) is 4.79 Å². The second kappa shape index (κ2) is 9.78. The molecule has 152 valence electrons. The van der Waals surface area contributed by atoms with Crippen LogP contribution < -0.4 is 0 Å². The molecule has 0 aliphatic rings. The summed E-state index contributed by atoms with van der Waals surface area (Å²) in [7, 11) is 1.84. The number of hydrogen-bond donors (Lipinski definition) is 0. The molecule has 4 aromatic rings. The zero-order valence-corrected chi connectivity index (χ0v) is 18.4. The maximum Gasteiger partial charge on any atom is 0.255 e. The molecular formula is C24H23N3OS2. The van der Waals surface area contributed by atoms with Crippen LogP contribution in [0.2, 0.25) is 0 Å². The van der Waals surface area contributed by atoms with Crippen molar-refractivity contribution in [2.24, 2.45) is 0 Å². The fourth-order valence-electron chi connectivity index (χ4n) is 3.21. The van der Waals surface area contributed by atoms with Gasteiger partial charge in [0.2, 0.25) is 0 Å². The summed E-state index contributed by atoms with van der Waals surface area (Å²) in [5.74, 6) is 0.901. The van der Waals surface area contributed by atoms with E-state index in [1.807, 2.05) is 66.6 Å². The van der Waals surface area contributed by atoms with E-state index in [-0.39, 0.29) is 5.91 Å². The van der Waals surface area contributed by atoms with Crippen LogP contribution in [-0.4, -0.2) is 27.6 Å². The predicted octanol–water partition coefficient (Wildman–Crippen LogP) is 5.56. The zero-order chi connectivity index (χ0) is 20.8. The predicted molar refractivity (Wildman–Crippen MR) is 124 cm³/mol. The van der Waals surface area contributed by atoms with Crippen molar-refractivity contribution in [3.63, 3.8) is 0 Å². The highest BCUT2D eigenvalue weighted by atomic mass is 32.2. The number of thiophene rings is 1. The van der Waals surface area contributed by atoms with Crippen molar-refractivity contribution in [2.45, 2.75) is 23.7 Å². The van der Waals surface area contributed by atoms with E-state index >= 15 is 0 Å². The molecule has 0 spiro atoms. The van der Waals surface area contributed by atoms with Gasteiger partial charge in [0.15, 0.2) is 0 Å². The van der Waals surface area contributed by atoms with Crippen LogP contribution in [0.5, 0.6) is 0 Å². The van der Waals surface area contributed by atoms with Gasteiger partial charge in [-0.1, -0.05) is 48.5 Å². The Bertz CT molecular complexity index is 1090. The SMILES string of the molecule is CN(Cc1cnn(Cc2ccccc2)c1)C(=O)c1ccccc1SCc1cccs1. The molecule has 0 radical (unpaired) electrons. The maximum absolute atomic E-state index is 13.1. The van der Waals surface area contributed by atoms with E-state index in [2.05, 4.69) is 34.7 Å². The van der Waals surface area contributed by atoms with Crippen molar-refractivity contribution < 1.29 is 4.79 Å². The lowest BCUT2D eigenvalue weighted by atomic mass is 10.2. The maximum atomic E-state index is 13.1. The molecule has 1 amide bonds. The van der Waals surface area contributed by atoms with E-state index in [4.69, 9.17) is 0 Å². The molecular weight excluding hydrogens is 410 g/mol. The molecule has 0 bridgehead atoms. The van der Waals surface area contributed by atoms with Gasteiger partial charge < -0.3 is 4.90 Å². The van der Waals surface area contributed by atoms with Crippen LogP contribution in [0.4, 0.5) is 0 Å². The average molecular weight is 434 g/mol. The Morgan fingerprint density at radius 2 is 1.83 bits per heavy atom. The molecule has 0 N–H and O–H groups in total. The van der Waals surface area contributed by atoms with Crippen LogP contribution in [0.25, 0.3) is 0 Å². The first kappa shape index (κ1) is 20.4. The third-order valence-electron chi connectivity index (χ3n) is 4.71. The molecule has 2 heterocycles. The molecule has 0 aliphatic carbocycles. The number of benzene rings is 2. The number of amides is 1. The van der Waals surface area contributed by atoms with Crippen LogP contribution in [0.1, 0.15) is 26.4 Å². The number of carbonyl (C=O) groups is 1. The highest BCUT2D eigenvalue weighted by Gasteiger charge is 2.17. The van der Waals surface area contributed by atoms with Gasteiger partial charge in [-0.3, -0.25) is 9.48 Å². The minimum absolute atomic E-state index is 0.0279. The van der Waals surface area contributed by atoms with Gasteiger partial charge in [0.05, 0.1) is 18.3 Å². The topological polar surface area (TPSA) is 38.1 Å². The summed E-state index contributed by atoms with van der Waals surface area (Å²) in [5.41, 5.74) is 2.97. The first-order valence-corrected chi connectivity index (χ1v) is 11.6. The van der Waals surface area contributed by atoms with Crippen LogP contribution in [0, 0.1) is 0 Å². The molecule has 0 unspecified atom stereocenters. The Morgan fingerprint density at radius 1 is 1.03 bits per heavy atom. The fourth-order valence-corrected chi connectivity index (χ4v) is 5.03. The quantitative estimate of drug-likeness (QED) is 0.342. The van der Waals surface area contributed by atoms with Gasteiger partial charge in [0.1, 0.15) is 0 Å². The lowest BCUT2D eigenvalue weighted by Gasteiger charge is -2.18. The van der Waals surface area contributed by atoms with Crippen molar-refractivity contribution in [2.75, 3.05) is 7.05 Å². The van der Waals surface area contributed by atoms with Crippen molar-refractivity contribution in [1.29, 1.82) is 0 Å². The summed E-state index contributed by atoms with van der Waals surface area (Å²) >= 11 is 3.45. The average Bonchev–Trinajstić information content (AvgIpc) is 3.45. The first-order valence-electron chi connectivity index (χ1n) is 9.74. The second-order valence-electron chi connectivity index (χ2n) is 7.06. The molecule has 2 aromatic heterocycles. The lowest BCUT2D eigenvalue weighted by molar-refractivity contribution is 0.0781. The van der Waals surface area contributed by atoms with Gasteiger partial charge in [-0.25, -0.2) is 0 Å². The Hall–Kier alpha value is -2.83. The largest absolute Gasteiger partial charge is 0.337 e. The standard InChI is InChI=1S/C24H23N3OS2/c1-26(15-20-14-25-27(17-20)16-19-8-3-2-4-9-19)24(28)22-11-5-6-12-23(22)30-18-21-10-7-13-29-21/h2-14,17H,15-16,18H2,1H3. The zero-order valence-electron chi connectivity index (χ0n) is 16.8. The van der Waals surface area contributed by atoms with Gasteiger partial charge in [0, 0.05) is 40.9 Å². The summed E-state index contributed by atoms with van der Waals surface area (Å²) in [6.07, 6.45) is 3.85. The summed E-state index contributed by atoms with van der Waals surface area (Å²) < 4.78 is 1.91. The monoisotopic (exact) mass is 433 g/mol. The van der Waals surface area contributed by atoms with Crippen molar-refractivity contribution in [3.8, 4) is 0 Å². The minimum Gasteiger partial charge on any atom is -0.337 e. The van der Waals surface area contributed by atoms with Gasteiger partial charge in [-0.15, -0.1) is 23.1 Å². The number of hydrogen-bond acceptors (Lipinski definition) is 4. The molecule has 6 heteroatoms. The van der Waals surface area contributed by atoms with Gasteiger partial charge in [-0.2, -0.15) is 5.10 Å². The molecule has 0 saturated carbocycles. The highest BCUT2D eigenvalue weighted by Crippen LogP contribution is 2.28. The summed E-state index contributed by atoms with van der Waals surface area (Å²) in [5, 5.41) is 6.53. The van der Waals surface area contributed by atoms with Crippen molar-refractivity contribution in [3.05, 3.63) is 106 Å². The minimum atomic E-state index is 0.0279. The molecule has 0 fully saturated rings. The molecule has 0 aliphatic heterocycles. The molecule has 30 heavy (non-hydrogen) atoms. The van der Waals surface area contributed by atoms with Crippen LogP contribution >= 0.6 is 23.1 Å². The number of carbonyl (C=O) groups excluding carboxylic acids is 1. The molecule has 2 aromatic carbocycles. The first-order chi connectivity index (χ1) is 14.7. The molecule has 4 nitrogen and oxygen atoms in total. The van der Waals surface area contributed by atoms with E-state index < -0.39 is 0 Å². The summed E-state index contributed by atoms with van der Waals surface area (Å²) in [4.78, 5) is 17.2. The second-order valence-corrected chi connectivity index (χ2v) is 9.11. The summed E-state index contributed by atoms with van der Waals surface area (Å²) in [6, 6.07) is 22.3. The number of thioether (sulfide) groups is 1. The number of rotatable bonds is 8. The normalized spacial score (nSPS) is 10.8. The Morgan fingerprint density at radius 3 is 2.63 bits per heavy atom. The molecule has 4 rings (SSSR count). The lowest BCUT2D eigenvalue weighted by Crippen LogP contribution is -2.26. The van der Waals surface area contributed by atoms with E-state index in [1.165, 1.54) is 10.4 Å². The van der Waals surface area contributed by atoms with Crippen molar-refractivity contribution in [1.82, 2.24) is 14.7 Å². The Labute approximate surface area is 185 Å². The van der Waals surface area contributed by atoms with Crippen LogP contribution in [0.15, 0.2) is 89.4 Å². The van der Waals surface area contributed by atoms with Crippen LogP contribution in [-0.2, 0) is 18.8 Å². The highest BCUT2D eigenvalue weighted by molar-refractivity contribution is 7.98. The number of nitrogens with zero attached hydrogens (tertiary/aromatic N) is 3. The van der Waals surface area contributed by atoms with Crippen molar-refractivity contribution >= 4 is 29.0 Å². The molecule has 0 atom stereocenters. The number of aromatic nitrogens is 2. The van der Waals surface area contributed by atoms with Gasteiger partial charge >= 0.3 is 0 Å². The van der Waals surface area contributed by atoms with Gasteiger partial charge in [0.25, 0.3) is 5.91 Å². The third kappa shape index (κ3) is 5.20. The van der Waals surface area contributed by atoms with E-state index in [0.717, 1.165) is 28.3 Å². The van der Waals surface area contributed by atoms with Gasteiger partial charge in [-0.05, 0) is 29.1 Å². The Kier molecular flexibility index (Phi) is 6.67. The Balaban J connectivity index is 1.40.